The fraction of sp³-hybridized carbons (Fsp3) is 0.611. The van der Waals surface area contributed by atoms with Gasteiger partial charge in [0.1, 0.15) is 0 Å². The smallest absolute Gasteiger partial charge is 0.550 e. The fourth-order valence-electron chi connectivity index (χ4n) is 2.49. The second-order valence-electron chi connectivity index (χ2n) is 5.69. The molecule has 1 N–H and O–H groups in total. The van der Waals surface area contributed by atoms with Crippen LogP contribution < -0.4 is 34.7 Å². The number of hydrogen-bond acceptors (Lipinski definition) is 3. The second-order valence-corrected chi connectivity index (χ2v) is 5.69. The predicted octanol–water partition coefficient (Wildman–Crippen LogP) is 0.157. The zero-order valence-electron chi connectivity index (χ0n) is 14.0. The fourth-order valence-corrected chi connectivity index (χ4v) is 2.49. The zero-order chi connectivity index (χ0) is 15.5. The minimum Gasteiger partial charge on any atom is -0.550 e. The molecule has 0 aliphatic rings. The topological polar surface area (TPSA) is 60.4 Å². The van der Waals surface area contributed by atoms with Gasteiger partial charge in [0.15, 0.2) is 0 Å². The molecule has 0 heterocycles. The van der Waals surface area contributed by atoms with Crippen molar-refractivity contribution in [3.63, 3.8) is 0 Å². The van der Waals surface area contributed by atoms with E-state index in [9.17, 15) is 15.0 Å². The Hall–Kier alpha value is -0.350. The van der Waals surface area contributed by atoms with Crippen molar-refractivity contribution in [1.29, 1.82) is 0 Å². The molecule has 0 aliphatic carbocycles. The summed E-state index contributed by atoms with van der Waals surface area (Å²) in [4.78, 5) is 10.3. The number of hydrogen-bond donors (Lipinski definition) is 1. The summed E-state index contributed by atoms with van der Waals surface area (Å²) in [5.74, 6) is -0.966. The van der Waals surface area contributed by atoms with E-state index in [2.05, 4.69) is 19.1 Å². The molecule has 0 spiro atoms. The van der Waals surface area contributed by atoms with Gasteiger partial charge in [-0.15, -0.1) is 0 Å². The molecule has 4 heteroatoms. The predicted molar refractivity (Wildman–Crippen MR) is 82.7 cm³/mol. The largest absolute Gasteiger partial charge is 1.00 e. The summed E-state index contributed by atoms with van der Waals surface area (Å²) in [5.41, 5.74) is 2.22. The van der Waals surface area contributed by atoms with Crippen molar-refractivity contribution in [2.75, 3.05) is 0 Å². The first-order chi connectivity index (χ1) is 10.1. The number of unbranched alkanes of at least 4 members (excludes halogenated alkanes) is 4. The average Bonchev–Trinajstić information content (AvgIpc) is 2.47. The molecule has 118 valence electrons. The van der Waals surface area contributed by atoms with Gasteiger partial charge in [-0.1, -0.05) is 56.9 Å². The third kappa shape index (κ3) is 9.62. The number of aliphatic hydroxyl groups excluding tert-OH is 1. The van der Waals surface area contributed by atoms with E-state index in [1.54, 1.807) is 0 Å². The molecule has 0 radical (unpaired) electrons. The summed E-state index contributed by atoms with van der Waals surface area (Å²) in [6, 6.07) is 8.13. The molecule has 22 heavy (non-hydrogen) atoms. The van der Waals surface area contributed by atoms with Crippen LogP contribution in [0, 0.1) is 0 Å². The molecule has 1 atom stereocenters. The molecule has 0 amide bonds. The van der Waals surface area contributed by atoms with Crippen molar-refractivity contribution >= 4 is 5.97 Å². The molecule has 1 aromatic carbocycles. The van der Waals surface area contributed by atoms with Gasteiger partial charge >= 0.3 is 29.6 Å². The number of carboxylic acid groups (broad SMARTS) is 1. The Kier molecular flexibility index (Phi) is 12.9. The molecular formula is C18H27NaO3. The van der Waals surface area contributed by atoms with Gasteiger partial charge in [0.25, 0.3) is 0 Å². The molecule has 0 aromatic heterocycles. The summed E-state index contributed by atoms with van der Waals surface area (Å²) in [5, 5.41) is 20.5. The van der Waals surface area contributed by atoms with E-state index in [-0.39, 0.29) is 42.1 Å². The van der Waals surface area contributed by atoms with Gasteiger partial charge in [-0.3, -0.25) is 0 Å². The number of aryl methyl sites for hydroxylation is 1. The Morgan fingerprint density at radius 3 is 2.64 bits per heavy atom. The van der Waals surface area contributed by atoms with E-state index in [0.717, 1.165) is 44.1 Å². The minimum atomic E-state index is -0.966. The third-order valence-electron chi connectivity index (χ3n) is 3.76. The Morgan fingerprint density at radius 2 is 1.95 bits per heavy atom. The number of rotatable bonds is 11. The molecule has 0 saturated heterocycles. The Balaban J connectivity index is 0.00000441. The molecule has 1 rings (SSSR count). The first-order valence-electron chi connectivity index (χ1n) is 8.10. The molecule has 0 saturated carbocycles. The molecule has 0 aliphatic heterocycles. The van der Waals surface area contributed by atoms with Crippen molar-refractivity contribution in [1.82, 2.24) is 0 Å². The summed E-state index contributed by atoms with van der Waals surface area (Å²) >= 11 is 0. The van der Waals surface area contributed by atoms with Crippen molar-refractivity contribution in [3.05, 3.63) is 35.4 Å². The number of aliphatic carboxylic acids is 1. The first kappa shape index (κ1) is 21.6. The van der Waals surface area contributed by atoms with E-state index in [4.69, 9.17) is 0 Å². The van der Waals surface area contributed by atoms with Crippen LogP contribution in [0.5, 0.6) is 0 Å². The van der Waals surface area contributed by atoms with E-state index in [1.807, 2.05) is 12.1 Å². The number of aliphatic hydroxyl groups is 1. The maximum atomic E-state index is 10.3. The average molecular weight is 314 g/mol. The van der Waals surface area contributed by atoms with Crippen molar-refractivity contribution < 1.29 is 44.6 Å². The Labute approximate surface area is 156 Å². The van der Waals surface area contributed by atoms with Crippen LogP contribution in [0.15, 0.2) is 24.3 Å². The summed E-state index contributed by atoms with van der Waals surface area (Å²) in [6.45, 7) is 2.16. The standard InChI is InChI=1S/C18H28O3.Na/c1-2-3-5-12-17(19)16-11-8-10-15(14-16)9-6-4-7-13-18(20)21;/h8,10-11,14,17,19H,2-7,9,12-13H2,1H3,(H,20,21);/q;+1/p-1. The summed E-state index contributed by atoms with van der Waals surface area (Å²) < 4.78 is 0. The van der Waals surface area contributed by atoms with Crippen LogP contribution in [0.4, 0.5) is 0 Å². The van der Waals surface area contributed by atoms with Crippen molar-refractivity contribution in [2.24, 2.45) is 0 Å². The molecule has 1 aromatic rings. The molecule has 1 unspecified atom stereocenters. The van der Waals surface area contributed by atoms with E-state index in [0.29, 0.717) is 6.42 Å². The summed E-state index contributed by atoms with van der Waals surface area (Å²) in [7, 11) is 0. The van der Waals surface area contributed by atoms with Gasteiger partial charge in [-0.05, 0) is 43.2 Å². The van der Waals surface area contributed by atoms with Gasteiger partial charge in [-0.25, -0.2) is 0 Å². The molecule has 3 nitrogen and oxygen atoms in total. The number of carbonyl (C=O) groups is 1. The Morgan fingerprint density at radius 1 is 1.18 bits per heavy atom. The quantitative estimate of drug-likeness (QED) is 0.467. The van der Waals surface area contributed by atoms with Crippen LogP contribution in [0.1, 0.15) is 75.5 Å². The van der Waals surface area contributed by atoms with E-state index < -0.39 is 5.97 Å². The van der Waals surface area contributed by atoms with Crippen LogP contribution in [-0.2, 0) is 11.2 Å². The van der Waals surface area contributed by atoms with Crippen molar-refractivity contribution in [3.8, 4) is 0 Å². The normalized spacial score (nSPS) is 11.7. The van der Waals surface area contributed by atoms with E-state index in [1.165, 1.54) is 12.0 Å². The van der Waals surface area contributed by atoms with Gasteiger partial charge in [0.05, 0.1) is 6.10 Å². The number of carbonyl (C=O) groups excluding carboxylic acids is 1. The molecular weight excluding hydrogens is 287 g/mol. The number of carboxylic acids is 1. The van der Waals surface area contributed by atoms with Crippen LogP contribution in [0.2, 0.25) is 0 Å². The summed E-state index contributed by atoms with van der Waals surface area (Å²) in [6.07, 6.45) is 7.48. The van der Waals surface area contributed by atoms with Crippen molar-refractivity contribution in [2.45, 2.75) is 70.8 Å². The maximum Gasteiger partial charge on any atom is 1.00 e. The zero-order valence-corrected chi connectivity index (χ0v) is 16.0. The maximum absolute atomic E-state index is 10.3. The van der Waals surface area contributed by atoms with Crippen LogP contribution in [0.25, 0.3) is 0 Å². The van der Waals surface area contributed by atoms with Crippen LogP contribution in [0.3, 0.4) is 0 Å². The van der Waals surface area contributed by atoms with E-state index >= 15 is 0 Å². The van der Waals surface area contributed by atoms with Gasteiger partial charge in [0.2, 0.25) is 0 Å². The first-order valence-corrected chi connectivity index (χ1v) is 8.10. The van der Waals surface area contributed by atoms with Crippen LogP contribution in [-0.4, -0.2) is 11.1 Å². The molecule has 0 bridgehead atoms. The Bertz CT molecular complexity index is 421. The van der Waals surface area contributed by atoms with Crippen LogP contribution >= 0.6 is 0 Å². The minimum absolute atomic E-state index is 0. The van der Waals surface area contributed by atoms with Gasteiger partial charge < -0.3 is 15.0 Å². The molecule has 0 fully saturated rings. The SMILES string of the molecule is CCCCCC(O)c1cccc(CCCCCC(=O)[O-])c1.[Na+]. The number of benzene rings is 1. The van der Waals surface area contributed by atoms with Gasteiger partial charge in [0, 0.05) is 5.97 Å². The second kappa shape index (κ2) is 13.1. The third-order valence-corrected chi connectivity index (χ3v) is 3.76. The van der Waals surface area contributed by atoms with Gasteiger partial charge in [-0.2, -0.15) is 0 Å². The monoisotopic (exact) mass is 314 g/mol.